The van der Waals surface area contributed by atoms with Crippen LogP contribution in [0.1, 0.15) is 19.4 Å². The normalized spacial score (nSPS) is 25.3. The molecule has 2 unspecified atom stereocenters. The molecule has 2 atom stereocenters. The van der Waals surface area contributed by atoms with Crippen LogP contribution in [0.25, 0.3) is 0 Å². The first kappa shape index (κ1) is 9.97. The molecule has 0 aliphatic carbocycles. The molecule has 2 rings (SSSR count). The van der Waals surface area contributed by atoms with E-state index in [0.29, 0.717) is 11.8 Å². The monoisotopic (exact) mass is 201 g/mol. The van der Waals surface area contributed by atoms with Gasteiger partial charge in [0.05, 0.1) is 17.4 Å². The number of nitrogens with zero attached hydrogens (tertiary/aromatic N) is 3. The lowest BCUT2D eigenvalue weighted by Gasteiger charge is -2.18. The number of anilines is 1. The van der Waals surface area contributed by atoms with Crippen molar-refractivity contribution in [3.05, 3.63) is 24.0 Å². The molecule has 2 heterocycles. The van der Waals surface area contributed by atoms with Gasteiger partial charge in [0.2, 0.25) is 0 Å². The van der Waals surface area contributed by atoms with E-state index in [0.717, 1.165) is 24.3 Å². The molecule has 0 N–H and O–H groups in total. The molecule has 78 valence electrons. The van der Waals surface area contributed by atoms with Crippen LogP contribution in [-0.2, 0) is 0 Å². The Kier molecular flexibility index (Phi) is 2.59. The van der Waals surface area contributed by atoms with Crippen molar-refractivity contribution < 1.29 is 0 Å². The quantitative estimate of drug-likeness (QED) is 0.698. The Bertz CT molecular complexity index is 384. The fourth-order valence-corrected chi connectivity index (χ4v) is 2.06. The Morgan fingerprint density at radius 2 is 2.07 bits per heavy atom. The summed E-state index contributed by atoms with van der Waals surface area (Å²) in [4.78, 5) is 6.36. The van der Waals surface area contributed by atoms with Crippen molar-refractivity contribution >= 4 is 5.69 Å². The van der Waals surface area contributed by atoms with Gasteiger partial charge in [0, 0.05) is 19.3 Å². The standard InChI is InChI=1S/C12H15N3/c1-9-7-15(8-10(9)2)12-6-14-4-3-11(12)5-13/h3-4,6,9-10H,7-8H2,1-2H3. The molecule has 1 fully saturated rings. The molecular formula is C12H15N3. The van der Waals surface area contributed by atoms with E-state index >= 15 is 0 Å². The third-order valence-corrected chi connectivity index (χ3v) is 3.25. The maximum Gasteiger partial charge on any atom is 0.101 e. The van der Waals surface area contributed by atoms with Crippen LogP contribution < -0.4 is 4.90 Å². The molecule has 1 aliphatic rings. The topological polar surface area (TPSA) is 39.9 Å². The summed E-state index contributed by atoms with van der Waals surface area (Å²) in [5, 5.41) is 9.01. The van der Waals surface area contributed by atoms with Gasteiger partial charge >= 0.3 is 0 Å². The molecule has 1 aromatic heterocycles. The highest BCUT2D eigenvalue weighted by Crippen LogP contribution is 2.28. The second kappa shape index (κ2) is 3.90. The van der Waals surface area contributed by atoms with Crippen molar-refractivity contribution in [3.8, 4) is 6.07 Å². The average Bonchev–Trinajstić information content (AvgIpc) is 2.59. The van der Waals surface area contributed by atoms with E-state index in [1.165, 1.54) is 0 Å². The van der Waals surface area contributed by atoms with Gasteiger partial charge in [0.1, 0.15) is 6.07 Å². The number of aromatic nitrogens is 1. The molecular weight excluding hydrogens is 186 g/mol. The highest BCUT2D eigenvalue weighted by molar-refractivity contribution is 5.58. The zero-order chi connectivity index (χ0) is 10.8. The van der Waals surface area contributed by atoms with Crippen LogP contribution in [0, 0.1) is 23.2 Å². The van der Waals surface area contributed by atoms with Crippen LogP contribution >= 0.6 is 0 Å². The lowest BCUT2D eigenvalue weighted by molar-refractivity contribution is 0.494. The Labute approximate surface area is 90.4 Å². The summed E-state index contributed by atoms with van der Waals surface area (Å²) < 4.78 is 0. The van der Waals surface area contributed by atoms with E-state index in [-0.39, 0.29) is 0 Å². The van der Waals surface area contributed by atoms with Gasteiger partial charge in [-0.2, -0.15) is 5.26 Å². The van der Waals surface area contributed by atoms with Crippen LogP contribution in [0.3, 0.4) is 0 Å². The van der Waals surface area contributed by atoms with Gasteiger partial charge in [-0.3, -0.25) is 4.98 Å². The minimum atomic E-state index is 0.691. The first-order valence-electron chi connectivity index (χ1n) is 5.31. The largest absolute Gasteiger partial charge is 0.369 e. The number of hydrogen-bond donors (Lipinski definition) is 0. The zero-order valence-electron chi connectivity index (χ0n) is 9.14. The molecule has 0 saturated carbocycles. The molecule has 1 aliphatic heterocycles. The van der Waals surface area contributed by atoms with Crippen molar-refractivity contribution in [3.63, 3.8) is 0 Å². The van der Waals surface area contributed by atoms with Crippen molar-refractivity contribution in [2.24, 2.45) is 11.8 Å². The fourth-order valence-electron chi connectivity index (χ4n) is 2.06. The minimum Gasteiger partial charge on any atom is -0.369 e. The van der Waals surface area contributed by atoms with Crippen molar-refractivity contribution in [1.29, 1.82) is 5.26 Å². The van der Waals surface area contributed by atoms with Gasteiger partial charge in [-0.1, -0.05) is 13.8 Å². The Morgan fingerprint density at radius 3 is 2.67 bits per heavy atom. The smallest absolute Gasteiger partial charge is 0.101 e. The molecule has 0 bridgehead atoms. The Morgan fingerprint density at radius 1 is 1.40 bits per heavy atom. The van der Waals surface area contributed by atoms with E-state index in [4.69, 9.17) is 5.26 Å². The van der Waals surface area contributed by atoms with Crippen molar-refractivity contribution in [2.45, 2.75) is 13.8 Å². The highest BCUT2D eigenvalue weighted by atomic mass is 15.2. The second-order valence-corrected chi connectivity index (χ2v) is 4.36. The number of hydrogen-bond acceptors (Lipinski definition) is 3. The van der Waals surface area contributed by atoms with Crippen molar-refractivity contribution in [1.82, 2.24) is 4.98 Å². The number of nitriles is 1. The molecule has 0 spiro atoms. The molecule has 0 radical (unpaired) electrons. The summed E-state index contributed by atoms with van der Waals surface area (Å²) >= 11 is 0. The maximum absolute atomic E-state index is 9.01. The summed E-state index contributed by atoms with van der Waals surface area (Å²) in [5.74, 6) is 1.38. The van der Waals surface area contributed by atoms with Crippen LogP contribution in [0.2, 0.25) is 0 Å². The number of pyridine rings is 1. The molecule has 0 amide bonds. The maximum atomic E-state index is 9.01. The molecule has 3 nitrogen and oxygen atoms in total. The van der Waals surface area contributed by atoms with Crippen LogP contribution in [0.5, 0.6) is 0 Å². The van der Waals surface area contributed by atoms with E-state index < -0.39 is 0 Å². The summed E-state index contributed by atoms with van der Waals surface area (Å²) in [7, 11) is 0. The fraction of sp³-hybridized carbons (Fsp3) is 0.500. The first-order valence-corrected chi connectivity index (χ1v) is 5.31. The minimum absolute atomic E-state index is 0.691. The Balaban J connectivity index is 2.28. The van der Waals surface area contributed by atoms with Gasteiger partial charge in [0.15, 0.2) is 0 Å². The second-order valence-electron chi connectivity index (χ2n) is 4.36. The average molecular weight is 201 g/mol. The van der Waals surface area contributed by atoms with Gasteiger partial charge in [-0.05, 0) is 17.9 Å². The van der Waals surface area contributed by atoms with E-state index in [9.17, 15) is 0 Å². The van der Waals surface area contributed by atoms with E-state index in [2.05, 4.69) is 29.8 Å². The van der Waals surface area contributed by atoms with E-state index in [1.54, 1.807) is 18.5 Å². The molecule has 1 saturated heterocycles. The van der Waals surface area contributed by atoms with Crippen LogP contribution in [0.15, 0.2) is 18.5 Å². The third-order valence-electron chi connectivity index (χ3n) is 3.25. The molecule has 15 heavy (non-hydrogen) atoms. The van der Waals surface area contributed by atoms with Gasteiger partial charge in [-0.25, -0.2) is 0 Å². The van der Waals surface area contributed by atoms with Gasteiger partial charge in [-0.15, -0.1) is 0 Å². The summed E-state index contributed by atoms with van der Waals surface area (Å²) in [6.45, 7) is 6.57. The lowest BCUT2D eigenvalue weighted by Crippen LogP contribution is -2.20. The van der Waals surface area contributed by atoms with Gasteiger partial charge < -0.3 is 4.90 Å². The lowest BCUT2D eigenvalue weighted by atomic mass is 10.0. The summed E-state index contributed by atoms with van der Waals surface area (Å²) in [6.07, 6.45) is 3.47. The van der Waals surface area contributed by atoms with Crippen LogP contribution in [-0.4, -0.2) is 18.1 Å². The third kappa shape index (κ3) is 1.80. The Hall–Kier alpha value is -1.56. The summed E-state index contributed by atoms with van der Waals surface area (Å²) in [5.41, 5.74) is 1.71. The molecule has 0 aromatic carbocycles. The van der Waals surface area contributed by atoms with Crippen molar-refractivity contribution in [2.75, 3.05) is 18.0 Å². The van der Waals surface area contributed by atoms with Gasteiger partial charge in [0.25, 0.3) is 0 Å². The molecule has 3 heteroatoms. The van der Waals surface area contributed by atoms with E-state index in [1.807, 2.05) is 0 Å². The SMILES string of the molecule is CC1CN(c2cnccc2C#N)CC1C. The van der Waals surface area contributed by atoms with Crippen LogP contribution in [0.4, 0.5) is 5.69 Å². The predicted molar refractivity (Wildman–Crippen MR) is 59.5 cm³/mol. The zero-order valence-corrected chi connectivity index (χ0v) is 9.14. The molecule has 1 aromatic rings. The number of rotatable bonds is 1. The highest BCUT2D eigenvalue weighted by Gasteiger charge is 2.27. The predicted octanol–water partition coefficient (Wildman–Crippen LogP) is 2.05. The summed E-state index contributed by atoms with van der Waals surface area (Å²) in [6, 6.07) is 4.00. The first-order chi connectivity index (χ1) is 7.22.